The number of rotatable bonds is 5. The predicted molar refractivity (Wildman–Crippen MR) is 91.4 cm³/mol. The first-order valence-electron chi connectivity index (χ1n) is 9.04. The van der Waals surface area contributed by atoms with Gasteiger partial charge >= 0.3 is 11.9 Å². The molecule has 2 saturated heterocycles. The SMILES string of the molecule is COC(=O)C(=O)O[C@@H]1CC[C@]2(CO2)[C@@H](C2(C)O[C@@H]2CC=C(C)C)[C@@H]1OC. The van der Waals surface area contributed by atoms with Crippen molar-refractivity contribution in [2.45, 2.75) is 69.5 Å². The molecule has 0 aromatic heterocycles. The van der Waals surface area contributed by atoms with Crippen LogP contribution in [0.1, 0.15) is 40.0 Å². The minimum atomic E-state index is -1.00. The lowest BCUT2D eigenvalue weighted by Crippen LogP contribution is -2.56. The van der Waals surface area contributed by atoms with E-state index in [0.717, 1.165) is 20.0 Å². The Hall–Kier alpha value is -1.44. The molecular weight excluding hydrogens is 340 g/mol. The van der Waals surface area contributed by atoms with E-state index in [2.05, 4.69) is 31.6 Å². The molecule has 1 aliphatic carbocycles. The number of hydrogen-bond donors (Lipinski definition) is 0. The van der Waals surface area contributed by atoms with E-state index in [1.165, 1.54) is 5.57 Å². The largest absolute Gasteiger partial charge is 0.461 e. The summed E-state index contributed by atoms with van der Waals surface area (Å²) in [6.45, 7) is 6.85. The van der Waals surface area contributed by atoms with Gasteiger partial charge in [-0.25, -0.2) is 9.59 Å². The third-order valence-electron chi connectivity index (χ3n) is 5.85. The molecule has 1 saturated carbocycles. The normalized spacial score (nSPS) is 40.7. The molecule has 26 heavy (non-hydrogen) atoms. The molecule has 6 atom stereocenters. The first-order valence-corrected chi connectivity index (χ1v) is 9.04. The van der Waals surface area contributed by atoms with E-state index < -0.39 is 29.7 Å². The van der Waals surface area contributed by atoms with Crippen molar-refractivity contribution in [1.82, 2.24) is 0 Å². The van der Waals surface area contributed by atoms with Gasteiger partial charge in [-0.15, -0.1) is 0 Å². The van der Waals surface area contributed by atoms with Gasteiger partial charge in [0.15, 0.2) is 0 Å². The van der Waals surface area contributed by atoms with Crippen LogP contribution in [0.4, 0.5) is 0 Å². The molecule has 0 N–H and O–H groups in total. The number of carbonyl (C=O) groups excluding carboxylic acids is 2. The molecule has 0 amide bonds. The smallest absolute Gasteiger partial charge is 0.417 e. The lowest BCUT2D eigenvalue weighted by atomic mass is 9.68. The molecule has 3 fully saturated rings. The minimum absolute atomic E-state index is 0.0697. The Kier molecular flexibility index (Phi) is 5.16. The van der Waals surface area contributed by atoms with Crippen LogP contribution in [0.2, 0.25) is 0 Å². The Balaban J connectivity index is 1.77. The molecule has 7 heteroatoms. The molecule has 1 spiro atoms. The van der Waals surface area contributed by atoms with E-state index in [1.807, 2.05) is 0 Å². The Morgan fingerprint density at radius 1 is 1.23 bits per heavy atom. The highest BCUT2D eigenvalue weighted by Gasteiger charge is 2.72. The highest BCUT2D eigenvalue weighted by atomic mass is 16.6. The summed E-state index contributed by atoms with van der Waals surface area (Å²) < 4.78 is 27.5. The summed E-state index contributed by atoms with van der Waals surface area (Å²) in [5.41, 5.74) is 0.556. The number of methoxy groups -OCH3 is 2. The van der Waals surface area contributed by atoms with Crippen LogP contribution in [0, 0.1) is 5.92 Å². The van der Waals surface area contributed by atoms with Gasteiger partial charge in [0.2, 0.25) is 0 Å². The van der Waals surface area contributed by atoms with E-state index in [-0.39, 0.29) is 17.6 Å². The highest BCUT2D eigenvalue weighted by Crippen LogP contribution is 2.59. The fourth-order valence-corrected chi connectivity index (χ4v) is 4.34. The zero-order valence-electron chi connectivity index (χ0n) is 16.1. The Morgan fingerprint density at radius 2 is 1.92 bits per heavy atom. The second kappa shape index (κ2) is 6.94. The van der Waals surface area contributed by atoms with Gasteiger partial charge in [-0.3, -0.25) is 0 Å². The molecule has 3 aliphatic rings. The van der Waals surface area contributed by atoms with Crippen LogP contribution in [-0.4, -0.2) is 62.3 Å². The molecule has 0 radical (unpaired) electrons. The van der Waals surface area contributed by atoms with E-state index in [4.69, 9.17) is 18.9 Å². The van der Waals surface area contributed by atoms with Crippen molar-refractivity contribution in [3.63, 3.8) is 0 Å². The van der Waals surface area contributed by atoms with Crippen molar-refractivity contribution in [2.24, 2.45) is 5.92 Å². The maximum Gasteiger partial charge on any atom is 0.417 e. The molecule has 0 aromatic carbocycles. The first kappa shape index (κ1) is 19.3. The molecule has 2 heterocycles. The van der Waals surface area contributed by atoms with Crippen LogP contribution in [0.25, 0.3) is 0 Å². The fraction of sp³-hybridized carbons (Fsp3) is 0.789. The summed E-state index contributed by atoms with van der Waals surface area (Å²) >= 11 is 0. The van der Waals surface area contributed by atoms with Crippen LogP contribution < -0.4 is 0 Å². The number of esters is 2. The molecule has 0 bridgehead atoms. The number of allylic oxidation sites excluding steroid dienone is 1. The van der Waals surface area contributed by atoms with Gasteiger partial charge in [0.25, 0.3) is 0 Å². The lowest BCUT2D eigenvalue weighted by molar-refractivity contribution is -0.182. The third kappa shape index (κ3) is 3.40. The minimum Gasteiger partial charge on any atom is -0.461 e. The van der Waals surface area contributed by atoms with E-state index in [0.29, 0.717) is 13.0 Å². The maximum atomic E-state index is 11.9. The lowest BCUT2D eigenvalue weighted by Gasteiger charge is -2.42. The van der Waals surface area contributed by atoms with Gasteiger partial charge in [-0.2, -0.15) is 0 Å². The number of hydrogen-bond acceptors (Lipinski definition) is 7. The van der Waals surface area contributed by atoms with Crippen LogP contribution in [0.15, 0.2) is 11.6 Å². The highest BCUT2D eigenvalue weighted by molar-refractivity contribution is 6.29. The van der Waals surface area contributed by atoms with Gasteiger partial charge in [0, 0.05) is 7.11 Å². The topological polar surface area (TPSA) is 86.9 Å². The van der Waals surface area contributed by atoms with E-state index in [9.17, 15) is 9.59 Å². The van der Waals surface area contributed by atoms with Crippen LogP contribution in [0.5, 0.6) is 0 Å². The average Bonchev–Trinajstić information content (AvgIpc) is 3.51. The van der Waals surface area contributed by atoms with Crippen molar-refractivity contribution < 1.29 is 33.3 Å². The monoisotopic (exact) mass is 368 g/mol. The zero-order valence-corrected chi connectivity index (χ0v) is 16.1. The Bertz CT molecular complexity index is 605. The summed E-state index contributed by atoms with van der Waals surface area (Å²) in [4.78, 5) is 23.3. The van der Waals surface area contributed by atoms with E-state index in [1.54, 1.807) is 7.11 Å². The molecule has 1 unspecified atom stereocenters. The standard InChI is InChI=1S/C19H28O7/c1-11(2)6-7-13-18(3,26-13)15-14(22-4)12(8-9-19(15)10-24-19)25-17(21)16(20)23-5/h6,12-15H,7-10H2,1-5H3/t12-,13-,14-,15-,18?,19+/m1/s1. The van der Waals surface area contributed by atoms with Crippen molar-refractivity contribution in [3.05, 3.63) is 11.6 Å². The van der Waals surface area contributed by atoms with Crippen LogP contribution >= 0.6 is 0 Å². The number of carbonyl (C=O) groups is 2. The maximum absolute atomic E-state index is 11.9. The summed E-state index contributed by atoms with van der Waals surface area (Å²) in [5.74, 6) is -2.07. The number of epoxide rings is 2. The Labute approximate surface area is 153 Å². The van der Waals surface area contributed by atoms with Crippen molar-refractivity contribution >= 4 is 11.9 Å². The zero-order chi connectivity index (χ0) is 19.1. The van der Waals surface area contributed by atoms with Crippen molar-refractivity contribution in [2.75, 3.05) is 20.8 Å². The fourth-order valence-electron chi connectivity index (χ4n) is 4.34. The van der Waals surface area contributed by atoms with Crippen LogP contribution in [0.3, 0.4) is 0 Å². The molecule has 3 rings (SSSR count). The summed E-state index contributed by atoms with van der Waals surface area (Å²) in [7, 11) is 2.75. The van der Waals surface area contributed by atoms with Crippen LogP contribution in [-0.2, 0) is 33.3 Å². The summed E-state index contributed by atoms with van der Waals surface area (Å²) in [6.07, 6.45) is 3.45. The van der Waals surface area contributed by atoms with Gasteiger partial charge in [0.05, 0.1) is 25.7 Å². The third-order valence-corrected chi connectivity index (χ3v) is 5.85. The molecule has 2 aliphatic heterocycles. The molecule has 146 valence electrons. The molecule has 0 aromatic rings. The molecule has 7 nitrogen and oxygen atoms in total. The van der Waals surface area contributed by atoms with Crippen molar-refractivity contribution in [3.8, 4) is 0 Å². The quantitative estimate of drug-likeness (QED) is 0.316. The predicted octanol–water partition coefficient (Wildman–Crippen LogP) is 1.78. The first-order chi connectivity index (χ1) is 12.3. The molecular formula is C19H28O7. The van der Waals surface area contributed by atoms with Gasteiger partial charge in [-0.05, 0) is 40.0 Å². The second-order valence-corrected chi connectivity index (χ2v) is 7.81. The van der Waals surface area contributed by atoms with Crippen molar-refractivity contribution in [1.29, 1.82) is 0 Å². The van der Waals surface area contributed by atoms with E-state index >= 15 is 0 Å². The van der Waals surface area contributed by atoms with Gasteiger partial charge < -0.3 is 23.7 Å². The average molecular weight is 368 g/mol. The van der Waals surface area contributed by atoms with Gasteiger partial charge in [-0.1, -0.05) is 11.6 Å². The summed E-state index contributed by atoms with van der Waals surface area (Å²) in [5, 5.41) is 0. The second-order valence-electron chi connectivity index (χ2n) is 7.81. The Morgan fingerprint density at radius 3 is 2.46 bits per heavy atom. The number of ether oxygens (including phenoxy) is 5. The van der Waals surface area contributed by atoms with Gasteiger partial charge in [0.1, 0.15) is 23.4 Å². The summed E-state index contributed by atoms with van der Waals surface area (Å²) in [6, 6.07) is 0.